The maximum atomic E-state index is 11.8. The molecule has 2 aromatic carbocycles. The molecule has 2 aromatic rings. The number of anilines is 1. The molecule has 0 fully saturated rings. The highest BCUT2D eigenvalue weighted by Crippen LogP contribution is 2.16. The van der Waals surface area contributed by atoms with E-state index < -0.39 is 0 Å². The van der Waals surface area contributed by atoms with Gasteiger partial charge in [-0.15, -0.1) is 0 Å². The van der Waals surface area contributed by atoms with E-state index in [0.29, 0.717) is 5.02 Å². The number of hydrogen-bond donors (Lipinski definition) is 3. The van der Waals surface area contributed by atoms with Crippen LogP contribution in [0.25, 0.3) is 0 Å². The van der Waals surface area contributed by atoms with Crippen molar-refractivity contribution in [2.75, 3.05) is 11.9 Å². The zero-order chi connectivity index (χ0) is 17.4. The first-order valence-electron chi connectivity index (χ1n) is 7.34. The highest BCUT2D eigenvalue weighted by Gasteiger charge is 2.04. The molecule has 0 spiro atoms. The second-order valence-electron chi connectivity index (χ2n) is 5.00. The minimum absolute atomic E-state index is 0.213. The number of nitrogens with one attached hydrogen (secondary N) is 3. The van der Waals surface area contributed by atoms with Crippen molar-refractivity contribution < 1.29 is 9.53 Å². The van der Waals surface area contributed by atoms with E-state index in [9.17, 15) is 4.79 Å². The average molecular weight is 364 g/mol. The van der Waals surface area contributed by atoms with Gasteiger partial charge < -0.3 is 10.1 Å². The van der Waals surface area contributed by atoms with Crippen molar-refractivity contribution in [2.24, 2.45) is 0 Å². The average Bonchev–Trinajstić information content (AvgIpc) is 2.57. The largest absolute Gasteiger partial charge is 0.493 e. The van der Waals surface area contributed by atoms with Gasteiger partial charge in [-0.2, -0.15) is 0 Å². The molecule has 126 valence electrons. The molecule has 0 unspecified atom stereocenters. The Morgan fingerprint density at radius 3 is 2.54 bits per heavy atom. The molecule has 0 aromatic heterocycles. The van der Waals surface area contributed by atoms with Crippen LogP contribution in [0.15, 0.2) is 48.5 Å². The van der Waals surface area contributed by atoms with Gasteiger partial charge in [0.05, 0.1) is 13.0 Å². The van der Waals surface area contributed by atoms with Gasteiger partial charge >= 0.3 is 0 Å². The van der Waals surface area contributed by atoms with Crippen molar-refractivity contribution in [1.29, 1.82) is 0 Å². The molecule has 0 saturated heterocycles. The third-order valence-corrected chi connectivity index (χ3v) is 3.55. The molecule has 2 rings (SSSR count). The molecule has 5 nitrogen and oxygen atoms in total. The summed E-state index contributed by atoms with van der Waals surface area (Å²) in [5.74, 6) is 0.557. The topological polar surface area (TPSA) is 62.4 Å². The van der Waals surface area contributed by atoms with E-state index in [1.807, 2.05) is 31.2 Å². The first-order valence-corrected chi connectivity index (χ1v) is 8.13. The number of benzene rings is 2. The van der Waals surface area contributed by atoms with Gasteiger partial charge in [-0.25, -0.2) is 0 Å². The highest BCUT2D eigenvalue weighted by molar-refractivity contribution is 7.80. The van der Waals surface area contributed by atoms with Crippen LogP contribution in [0.1, 0.15) is 12.0 Å². The molecule has 24 heavy (non-hydrogen) atoms. The van der Waals surface area contributed by atoms with Crippen LogP contribution in [-0.4, -0.2) is 17.6 Å². The first-order chi connectivity index (χ1) is 11.5. The summed E-state index contributed by atoms with van der Waals surface area (Å²) in [7, 11) is 0. The number of carbonyl (C=O) groups is 1. The van der Waals surface area contributed by atoms with Crippen LogP contribution in [0, 0.1) is 6.92 Å². The van der Waals surface area contributed by atoms with Gasteiger partial charge in [-0.05, 0) is 55.0 Å². The fraction of sp³-hybridized carbons (Fsp3) is 0.176. The van der Waals surface area contributed by atoms with Gasteiger partial charge in [0.1, 0.15) is 5.75 Å². The fourth-order valence-corrected chi connectivity index (χ4v) is 2.15. The molecule has 0 aliphatic rings. The third kappa shape index (κ3) is 6.06. The molecule has 7 heteroatoms. The van der Waals surface area contributed by atoms with Crippen molar-refractivity contribution in [3.8, 4) is 5.75 Å². The Labute approximate surface area is 151 Å². The van der Waals surface area contributed by atoms with E-state index in [4.69, 9.17) is 28.6 Å². The number of aryl methyl sites for hydroxylation is 1. The van der Waals surface area contributed by atoms with Gasteiger partial charge in [0, 0.05) is 10.7 Å². The van der Waals surface area contributed by atoms with Crippen molar-refractivity contribution in [3.05, 3.63) is 59.1 Å². The van der Waals surface area contributed by atoms with Crippen LogP contribution in [0.3, 0.4) is 0 Å². The Kier molecular flexibility index (Phi) is 6.84. The Bertz CT molecular complexity index is 707. The SMILES string of the molecule is Cc1ccccc1OCCC(=O)NNC(=S)Nc1ccc(Cl)cc1. The molecule has 0 heterocycles. The van der Waals surface area contributed by atoms with Crippen LogP contribution in [-0.2, 0) is 4.79 Å². The number of rotatable bonds is 5. The summed E-state index contributed by atoms with van der Waals surface area (Å²) in [5, 5.41) is 3.85. The maximum Gasteiger partial charge on any atom is 0.241 e. The summed E-state index contributed by atoms with van der Waals surface area (Å²) in [6.45, 7) is 2.24. The molecular formula is C17H18ClN3O2S. The molecule has 3 N–H and O–H groups in total. The van der Waals surface area contributed by atoms with Gasteiger partial charge in [0.15, 0.2) is 5.11 Å². The predicted octanol–water partition coefficient (Wildman–Crippen LogP) is 3.44. The summed E-state index contributed by atoms with van der Waals surface area (Å²) in [6, 6.07) is 14.7. The second-order valence-corrected chi connectivity index (χ2v) is 5.84. The Hall–Kier alpha value is -2.31. The number of ether oxygens (including phenoxy) is 1. The van der Waals surface area contributed by atoms with Crippen molar-refractivity contribution >= 4 is 40.5 Å². The van der Waals surface area contributed by atoms with Crippen LogP contribution >= 0.6 is 23.8 Å². The first kappa shape index (κ1) is 18.0. The van der Waals surface area contributed by atoms with E-state index in [0.717, 1.165) is 17.0 Å². The molecule has 0 aliphatic heterocycles. The van der Waals surface area contributed by atoms with E-state index in [2.05, 4.69) is 16.2 Å². The predicted molar refractivity (Wildman–Crippen MR) is 100 cm³/mol. The van der Waals surface area contributed by atoms with Crippen molar-refractivity contribution in [1.82, 2.24) is 10.9 Å². The number of carbonyl (C=O) groups excluding carboxylic acids is 1. The van der Waals surface area contributed by atoms with E-state index in [1.54, 1.807) is 24.3 Å². The van der Waals surface area contributed by atoms with Gasteiger partial charge in [0.25, 0.3) is 0 Å². The van der Waals surface area contributed by atoms with Crippen molar-refractivity contribution in [3.63, 3.8) is 0 Å². The highest BCUT2D eigenvalue weighted by atomic mass is 35.5. The smallest absolute Gasteiger partial charge is 0.241 e. The summed E-state index contributed by atoms with van der Waals surface area (Å²) in [4.78, 5) is 11.8. The number of hydrogen-bond acceptors (Lipinski definition) is 3. The number of hydrazine groups is 1. The molecule has 0 atom stereocenters. The lowest BCUT2D eigenvalue weighted by Crippen LogP contribution is -2.44. The van der Waals surface area contributed by atoms with Crippen LogP contribution in [0.4, 0.5) is 5.69 Å². The quantitative estimate of drug-likeness (QED) is 0.561. The summed E-state index contributed by atoms with van der Waals surface area (Å²) < 4.78 is 5.57. The lowest BCUT2D eigenvalue weighted by atomic mass is 10.2. The molecule has 0 radical (unpaired) electrons. The molecular weight excluding hydrogens is 346 g/mol. The summed E-state index contributed by atoms with van der Waals surface area (Å²) in [6.07, 6.45) is 0.213. The zero-order valence-corrected chi connectivity index (χ0v) is 14.7. The number of para-hydroxylation sites is 1. The maximum absolute atomic E-state index is 11.8. The van der Waals surface area contributed by atoms with E-state index in [-0.39, 0.29) is 24.0 Å². The molecule has 1 amide bonds. The molecule has 0 bridgehead atoms. The number of amides is 1. The van der Waals surface area contributed by atoms with Crippen molar-refractivity contribution in [2.45, 2.75) is 13.3 Å². The van der Waals surface area contributed by atoms with E-state index >= 15 is 0 Å². The minimum Gasteiger partial charge on any atom is -0.493 e. The van der Waals surface area contributed by atoms with Gasteiger partial charge in [-0.1, -0.05) is 29.8 Å². The van der Waals surface area contributed by atoms with Crippen LogP contribution < -0.4 is 20.9 Å². The lowest BCUT2D eigenvalue weighted by molar-refractivity contribution is -0.122. The number of halogens is 1. The Morgan fingerprint density at radius 1 is 1.12 bits per heavy atom. The van der Waals surface area contributed by atoms with Crippen LogP contribution in [0.2, 0.25) is 5.02 Å². The van der Waals surface area contributed by atoms with E-state index in [1.165, 1.54) is 0 Å². The van der Waals surface area contributed by atoms with Gasteiger partial charge in [-0.3, -0.25) is 15.6 Å². The second kappa shape index (κ2) is 9.10. The molecule has 0 aliphatic carbocycles. The fourth-order valence-electron chi connectivity index (χ4n) is 1.86. The van der Waals surface area contributed by atoms with Gasteiger partial charge in [0.2, 0.25) is 5.91 Å². The summed E-state index contributed by atoms with van der Waals surface area (Å²) in [5.41, 5.74) is 6.96. The third-order valence-electron chi connectivity index (χ3n) is 3.10. The minimum atomic E-state index is -0.219. The lowest BCUT2D eigenvalue weighted by Gasteiger charge is -2.12. The zero-order valence-electron chi connectivity index (χ0n) is 13.1. The standard InChI is InChI=1S/C17H18ClN3O2S/c1-12-4-2-3-5-15(12)23-11-10-16(22)20-21-17(24)19-14-8-6-13(18)7-9-14/h2-9H,10-11H2,1H3,(H,20,22)(H2,19,21,24). The monoisotopic (exact) mass is 363 g/mol. The Morgan fingerprint density at radius 2 is 1.83 bits per heavy atom. The normalized spacial score (nSPS) is 9.92. The van der Waals surface area contributed by atoms with Crippen LogP contribution in [0.5, 0.6) is 5.75 Å². The Balaban J connectivity index is 1.66. The molecule has 0 saturated carbocycles. The number of thiocarbonyl (C=S) groups is 1. The summed E-state index contributed by atoms with van der Waals surface area (Å²) >= 11 is 10.9.